The van der Waals surface area contributed by atoms with Crippen LogP contribution in [0, 0.1) is 0 Å². The van der Waals surface area contributed by atoms with Crippen molar-refractivity contribution in [1.82, 2.24) is 15.0 Å². The van der Waals surface area contributed by atoms with E-state index in [-0.39, 0.29) is 5.91 Å². The van der Waals surface area contributed by atoms with Crippen molar-refractivity contribution >= 4 is 5.91 Å². The van der Waals surface area contributed by atoms with E-state index in [0.717, 1.165) is 19.3 Å². The highest BCUT2D eigenvalue weighted by Crippen LogP contribution is 2.33. The Morgan fingerprint density at radius 1 is 1.45 bits per heavy atom. The van der Waals surface area contributed by atoms with Gasteiger partial charge in [-0.1, -0.05) is 5.16 Å². The maximum Gasteiger partial charge on any atom is 0.293 e. The summed E-state index contributed by atoms with van der Waals surface area (Å²) in [6.45, 7) is 2.11. The molecule has 0 N–H and O–H groups in total. The number of furan rings is 1. The van der Waals surface area contributed by atoms with Gasteiger partial charge in [0.2, 0.25) is 5.91 Å². The zero-order chi connectivity index (χ0) is 14.1. The van der Waals surface area contributed by atoms with Crippen molar-refractivity contribution in [3.8, 4) is 11.7 Å². The van der Waals surface area contributed by atoms with E-state index in [1.54, 1.807) is 18.2 Å². The van der Waals surface area contributed by atoms with Crippen molar-refractivity contribution in [3.63, 3.8) is 0 Å². The molecule has 0 bridgehead atoms. The SMILES string of the molecule is CC(=O)N(C)CCc1noc(-c2occ3c2CCC3)n1. The third-order valence-electron chi connectivity index (χ3n) is 3.72. The molecule has 2 aromatic heterocycles. The minimum atomic E-state index is 0.0255. The molecular formula is C14H17N3O3. The highest BCUT2D eigenvalue weighted by atomic mass is 16.5. The monoisotopic (exact) mass is 275 g/mol. The maximum absolute atomic E-state index is 11.1. The maximum atomic E-state index is 11.1. The van der Waals surface area contributed by atoms with Crippen LogP contribution in [0.4, 0.5) is 0 Å². The molecule has 0 fully saturated rings. The van der Waals surface area contributed by atoms with Gasteiger partial charge < -0.3 is 13.8 Å². The van der Waals surface area contributed by atoms with Crippen molar-refractivity contribution in [1.29, 1.82) is 0 Å². The van der Waals surface area contributed by atoms with Crippen LogP contribution >= 0.6 is 0 Å². The van der Waals surface area contributed by atoms with Gasteiger partial charge in [0.15, 0.2) is 11.6 Å². The first-order chi connectivity index (χ1) is 9.65. The Hall–Kier alpha value is -2.11. The number of carbonyl (C=O) groups is 1. The molecule has 6 nitrogen and oxygen atoms in total. The van der Waals surface area contributed by atoms with Gasteiger partial charge in [-0.15, -0.1) is 0 Å². The minimum absolute atomic E-state index is 0.0255. The molecule has 1 amide bonds. The second kappa shape index (κ2) is 5.11. The predicted octanol–water partition coefficient (Wildman–Crippen LogP) is 1.84. The molecule has 0 spiro atoms. The molecule has 2 heterocycles. The normalized spacial score (nSPS) is 13.5. The van der Waals surface area contributed by atoms with Gasteiger partial charge >= 0.3 is 0 Å². The molecule has 3 rings (SSSR count). The van der Waals surface area contributed by atoms with Crippen LogP contribution in [0.25, 0.3) is 11.7 Å². The quantitative estimate of drug-likeness (QED) is 0.851. The number of fused-ring (bicyclic) bond motifs is 1. The highest BCUT2D eigenvalue weighted by molar-refractivity contribution is 5.72. The molecule has 0 atom stereocenters. The molecule has 6 heteroatoms. The van der Waals surface area contributed by atoms with Crippen LogP contribution in [0.5, 0.6) is 0 Å². The van der Waals surface area contributed by atoms with Crippen LogP contribution in [0.15, 0.2) is 15.2 Å². The van der Waals surface area contributed by atoms with Crippen LogP contribution in [0.3, 0.4) is 0 Å². The number of amides is 1. The lowest BCUT2D eigenvalue weighted by Crippen LogP contribution is -2.26. The van der Waals surface area contributed by atoms with E-state index >= 15 is 0 Å². The first-order valence-corrected chi connectivity index (χ1v) is 6.79. The number of hydrogen-bond acceptors (Lipinski definition) is 5. The fourth-order valence-corrected chi connectivity index (χ4v) is 2.41. The van der Waals surface area contributed by atoms with E-state index in [1.165, 1.54) is 18.1 Å². The lowest BCUT2D eigenvalue weighted by molar-refractivity contribution is -0.127. The van der Waals surface area contributed by atoms with E-state index in [4.69, 9.17) is 8.94 Å². The van der Waals surface area contributed by atoms with Crippen molar-refractivity contribution < 1.29 is 13.7 Å². The van der Waals surface area contributed by atoms with Gasteiger partial charge in [-0.25, -0.2) is 0 Å². The van der Waals surface area contributed by atoms with Crippen molar-refractivity contribution in [2.75, 3.05) is 13.6 Å². The molecule has 20 heavy (non-hydrogen) atoms. The number of likely N-dealkylation sites (N-methyl/N-ethyl adjacent to an activating group) is 1. The first-order valence-electron chi connectivity index (χ1n) is 6.79. The average molecular weight is 275 g/mol. The molecule has 0 aliphatic heterocycles. The Kier molecular flexibility index (Phi) is 3.30. The number of hydrogen-bond donors (Lipinski definition) is 0. The van der Waals surface area contributed by atoms with Gasteiger partial charge in [-0.05, 0) is 24.8 Å². The Morgan fingerprint density at radius 3 is 3.10 bits per heavy atom. The lowest BCUT2D eigenvalue weighted by Gasteiger charge is -2.12. The van der Waals surface area contributed by atoms with Gasteiger partial charge in [0, 0.05) is 32.5 Å². The van der Waals surface area contributed by atoms with Gasteiger partial charge in [0.05, 0.1) is 6.26 Å². The van der Waals surface area contributed by atoms with E-state index in [2.05, 4.69) is 10.1 Å². The summed E-state index contributed by atoms with van der Waals surface area (Å²) in [6, 6.07) is 0. The molecule has 0 saturated heterocycles. The van der Waals surface area contributed by atoms with Crippen LogP contribution in [-0.2, 0) is 24.1 Å². The summed E-state index contributed by atoms with van der Waals surface area (Å²) in [7, 11) is 1.75. The summed E-state index contributed by atoms with van der Waals surface area (Å²) < 4.78 is 10.8. The van der Waals surface area contributed by atoms with Crippen molar-refractivity contribution in [3.05, 3.63) is 23.2 Å². The van der Waals surface area contributed by atoms with Crippen molar-refractivity contribution in [2.45, 2.75) is 32.6 Å². The van der Waals surface area contributed by atoms with Gasteiger partial charge in [-0.3, -0.25) is 4.79 Å². The summed E-state index contributed by atoms with van der Waals surface area (Å²) in [5.74, 6) is 1.76. The number of nitrogens with zero attached hydrogens (tertiary/aromatic N) is 3. The van der Waals surface area contributed by atoms with Crippen LogP contribution in [0.1, 0.15) is 30.3 Å². The minimum Gasteiger partial charge on any atom is -0.459 e. The largest absolute Gasteiger partial charge is 0.459 e. The highest BCUT2D eigenvalue weighted by Gasteiger charge is 2.23. The Morgan fingerprint density at radius 2 is 2.30 bits per heavy atom. The first kappa shape index (κ1) is 12.9. The molecule has 106 valence electrons. The molecule has 1 aliphatic carbocycles. The zero-order valence-corrected chi connectivity index (χ0v) is 11.7. The molecule has 1 aliphatic rings. The summed E-state index contributed by atoms with van der Waals surface area (Å²) in [5, 5.41) is 3.94. The van der Waals surface area contributed by atoms with Gasteiger partial charge in [-0.2, -0.15) is 4.98 Å². The smallest absolute Gasteiger partial charge is 0.293 e. The van der Waals surface area contributed by atoms with E-state index in [1.807, 2.05) is 0 Å². The second-order valence-corrected chi connectivity index (χ2v) is 5.13. The average Bonchev–Trinajstić information content (AvgIpc) is 3.11. The Balaban J connectivity index is 1.72. The fraction of sp³-hybridized carbons (Fsp3) is 0.500. The number of carbonyl (C=O) groups excluding carboxylic acids is 1. The van der Waals surface area contributed by atoms with E-state index in [9.17, 15) is 4.79 Å². The van der Waals surface area contributed by atoms with Crippen molar-refractivity contribution in [2.24, 2.45) is 0 Å². The molecular weight excluding hydrogens is 258 g/mol. The number of aromatic nitrogens is 2. The van der Waals surface area contributed by atoms with Gasteiger partial charge in [0.1, 0.15) is 0 Å². The number of rotatable bonds is 4. The fourth-order valence-electron chi connectivity index (χ4n) is 2.41. The topological polar surface area (TPSA) is 72.4 Å². The molecule has 0 saturated carbocycles. The number of aryl methyl sites for hydroxylation is 1. The molecule has 2 aromatic rings. The molecule has 0 radical (unpaired) electrons. The lowest BCUT2D eigenvalue weighted by atomic mass is 10.2. The molecule has 0 aromatic carbocycles. The van der Waals surface area contributed by atoms with E-state index < -0.39 is 0 Å². The summed E-state index contributed by atoms with van der Waals surface area (Å²) >= 11 is 0. The third kappa shape index (κ3) is 2.33. The Labute approximate surface area is 116 Å². The van der Waals surface area contributed by atoms with Crippen LogP contribution in [-0.4, -0.2) is 34.5 Å². The zero-order valence-electron chi connectivity index (χ0n) is 11.7. The Bertz CT molecular complexity index is 629. The third-order valence-corrected chi connectivity index (χ3v) is 3.72. The van der Waals surface area contributed by atoms with E-state index in [0.29, 0.717) is 30.4 Å². The summed E-state index contributed by atoms with van der Waals surface area (Å²) in [4.78, 5) is 17.1. The second-order valence-electron chi connectivity index (χ2n) is 5.13. The van der Waals surface area contributed by atoms with Crippen LogP contribution in [0.2, 0.25) is 0 Å². The summed E-state index contributed by atoms with van der Waals surface area (Å²) in [5.41, 5.74) is 2.44. The van der Waals surface area contributed by atoms with Gasteiger partial charge in [0.25, 0.3) is 5.89 Å². The summed E-state index contributed by atoms with van der Waals surface area (Å²) in [6.07, 6.45) is 5.57. The van der Waals surface area contributed by atoms with Crippen LogP contribution < -0.4 is 0 Å². The standard InChI is InChI=1S/C14H17N3O3/c1-9(18)17(2)7-6-12-15-14(20-16-12)13-11-5-3-4-10(11)8-19-13/h8H,3-7H2,1-2H3. The predicted molar refractivity (Wildman–Crippen MR) is 71.0 cm³/mol. The molecule has 0 unspecified atom stereocenters.